The summed E-state index contributed by atoms with van der Waals surface area (Å²) in [5, 5.41) is 4.83. The summed E-state index contributed by atoms with van der Waals surface area (Å²) in [6.07, 6.45) is -1.15. The summed E-state index contributed by atoms with van der Waals surface area (Å²) in [5.74, 6) is -0.225. The summed E-state index contributed by atoms with van der Waals surface area (Å²) in [6, 6.07) is 12.4. The van der Waals surface area contributed by atoms with E-state index in [0.717, 1.165) is 10.6 Å². The molecular weight excluding hydrogens is 396 g/mol. The molecule has 2 aliphatic rings. The molecule has 2 heterocycles. The van der Waals surface area contributed by atoms with Gasteiger partial charge in [0, 0.05) is 16.6 Å². The van der Waals surface area contributed by atoms with E-state index in [1.165, 1.54) is 18.7 Å². The number of carbonyl (C=O) groups is 3. The lowest BCUT2D eigenvalue weighted by Gasteiger charge is -2.23. The Hall–Kier alpha value is -3.20. The summed E-state index contributed by atoms with van der Waals surface area (Å²) in [7, 11) is 0. The van der Waals surface area contributed by atoms with Crippen LogP contribution < -0.4 is 20.1 Å². The largest absolute Gasteiger partial charge is 0.454 e. The first kappa shape index (κ1) is 19.1. The zero-order valence-electron chi connectivity index (χ0n) is 15.5. The van der Waals surface area contributed by atoms with E-state index in [9.17, 15) is 14.4 Å². The zero-order chi connectivity index (χ0) is 20.4. The molecule has 2 amide bonds. The maximum atomic E-state index is 12.3. The van der Waals surface area contributed by atoms with Crippen molar-refractivity contribution in [3.63, 3.8) is 0 Å². The highest BCUT2D eigenvalue weighted by Crippen LogP contribution is 2.37. The van der Waals surface area contributed by atoms with Gasteiger partial charge in [0.1, 0.15) is 0 Å². The molecule has 150 valence electrons. The molecule has 8 nitrogen and oxygen atoms in total. The predicted octanol–water partition coefficient (Wildman–Crippen LogP) is 2.79. The van der Waals surface area contributed by atoms with Crippen LogP contribution >= 0.6 is 11.8 Å². The Kier molecular flexibility index (Phi) is 5.30. The molecule has 2 aromatic rings. The van der Waals surface area contributed by atoms with E-state index in [1.54, 1.807) is 24.3 Å². The number of hydrogen-bond acceptors (Lipinski definition) is 7. The van der Waals surface area contributed by atoms with Gasteiger partial charge in [-0.2, -0.15) is 0 Å². The molecule has 2 aliphatic heterocycles. The van der Waals surface area contributed by atoms with Gasteiger partial charge in [-0.15, -0.1) is 11.8 Å². The average Bonchev–Trinajstić information content (AvgIpc) is 3.16. The Bertz CT molecular complexity index is 979. The summed E-state index contributed by atoms with van der Waals surface area (Å²) in [5.41, 5.74) is 1.23. The van der Waals surface area contributed by atoms with Gasteiger partial charge in [-0.05, 0) is 31.2 Å². The molecule has 9 heteroatoms. The first-order chi connectivity index (χ1) is 14.0. The van der Waals surface area contributed by atoms with Crippen molar-refractivity contribution < 1.29 is 28.6 Å². The molecule has 0 saturated heterocycles. The monoisotopic (exact) mass is 414 g/mol. The molecule has 29 heavy (non-hydrogen) atoms. The van der Waals surface area contributed by atoms with Crippen molar-refractivity contribution in [2.45, 2.75) is 29.6 Å². The molecule has 4 rings (SSSR count). The van der Waals surface area contributed by atoms with Crippen molar-refractivity contribution in [2.75, 3.05) is 17.4 Å². The van der Waals surface area contributed by atoms with Crippen LogP contribution in [0.5, 0.6) is 11.5 Å². The van der Waals surface area contributed by atoms with Gasteiger partial charge >= 0.3 is 5.97 Å². The SMILES string of the molecule is C[C@@H](OC(=O)C[C@H]1Sc2ccccc2NC1=O)C(=O)Nc1ccc2c(c1)OCO2. The lowest BCUT2D eigenvalue weighted by Crippen LogP contribution is -2.34. The van der Waals surface area contributed by atoms with E-state index >= 15 is 0 Å². The number of rotatable bonds is 5. The smallest absolute Gasteiger partial charge is 0.308 e. The van der Waals surface area contributed by atoms with Crippen LogP contribution in [0.1, 0.15) is 13.3 Å². The predicted molar refractivity (Wildman–Crippen MR) is 106 cm³/mol. The number of hydrogen-bond donors (Lipinski definition) is 2. The number of carbonyl (C=O) groups excluding carboxylic acids is 3. The van der Waals surface area contributed by atoms with Crippen molar-refractivity contribution in [3.8, 4) is 11.5 Å². The molecule has 2 atom stereocenters. The van der Waals surface area contributed by atoms with Crippen LogP contribution in [-0.4, -0.2) is 35.9 Å². The number of thioether (sulfide) groups is 1. The Labute approximate surface area is 170 Å². The quantitative estimate of drug-likeness (QED) is 0.725. The van der Waals surface area contributed by atoms with E-state index in [2.05, 4.69) is 10.6 Å². The van der Waals surface area contributed by atoms with Crippen LogP contribution in [0.25, 0.3) is 0 Å². The summed E-state index contributed by atoms with van der Waals surface area (Å²) in [4.78, 5) is 37.7. The van der Waals surface area contributed by atoms with Crippen molar-refractivity contribution in [3.05, 3.63) is 42.5 Å². The van der Waals surface area contributed by atoms with E-state index < -0.39 is 23.2 Å². The van der Waals surface area contributed by atoms with Crippen molar-refractivity contribution >= 4 is 40.9 Å². The lowest BCUT2D eigenvalue weighted by molar-refractivity contribution is -0.153. The third-order valence-electron chi connectivity index (χ3n) is 4.38. The zero-order valence-corrected chi connectivity index (χ0v) is 16.3. The van der Waals surface area contributed by atoms with Gasteiger partial charge in [0.2, 0.25) is 12.7 Å². The number of para-hydroxylation sites is 1. The highest BCUT2D eigenvalue weighted by atomic mass is 32.2. The second kappa shape index (κ2) is 8.04. The number of esters is 1. The van der Waals surface area contributed by atoms with Crippen molar-refractivity contribution in [1.29, 1.82) is 0 Å². The molecule has 0 unspecified atom stereocenters. The fourth-order valence-corrected chi connectivity index (χ4v) is 3.99. The third kappa shape index (κ3) is 4.29. The van der Waals surface area contributed by atoms with Crippen LogP contribution in [0.2, 0.25) is 0 Å². The Morgan fingerprint density at radius 2 is 2.03 bits per heavy atom. The topological polar surface area (TPSA) is 103 Å². The minimum absolute atomic E-state index is 0.132. The summed E-state index contributed by atoms with van der Waals surface area (Å²) >= 11 is 1.30. The number of fused-ring (bicyclic) bond motifs is 2. The van der Waals surface area contributed by atoms with Crippen LogP contribution in [0.3, 0.4) is 0 Å². The number of nitrogens with one attached hydrogen (secondary N) is 2. The average molecular weight is 414 g/mol. The van der Waals surface area contributed by atoms with Crippen LogP contribution in [0.4, 0.5) is 11.4 Å². The van der Waals surface area contributed by atoms with E-state index in [1.807, 2.05) is 18.2 Å². The molecule has 0 saturated carbocycles. The summed E-state index contributed by atoms with van der Waals surface area (Å²) < 4.78 is 15.7. The Balaban J connectivity index is 1.31. The maximum absolute atomic E-state index is 12.3. The number of ether oxygens (including phenoxy) is 3. The molecule has 0 aromatic heterocycles. The first-order valence-electron chi connectivity index (χ1n) is 8.96. The normalized spacial score (nSPS) is 17.7. The van der Waals surface area contributed by atoms with Crippen LogP contribution in [-0.2, 0) is 19.1 Å². The summed E-state index contributed by atoms with van der Waals surface area (Å²) in [6.45, 7) is 1.61. The van der Waals surface area contributed by atoms with Crippen LogP contribution in [0.15, 0.2) is 47.4 Å². The van der Waals surface area contributed by atoms with Gasteiger partial charge in [-0.25, -0.2) is 0 Å². The molecular formula is C20H18N2O6S. The van der Waals surface area contributed by atoms with Crippen molar-refractivity contribution in [1.82, 2.24) is 0 Å². The van der Waals surface area contributed by atoms with Gasteiger partial charge in [0.05, 0.1) is 17.4 Å². The Morgan fingerprint density at radius 1 is 1.24 bits per heavy atom. The lowest BCUT2D eigenvalue weighted by atomic mass is 10.2. The molecule has 2 N–H and O–H groups in total. The number of benzene rings is 2. The molecule has 2 aromatic carbocycles. The second-order valence-corrected chi connectivity index (χ2v) is 7.73. The van der Waals surface area contributed by atoms with Gasteiger partial charge in [0.15, 0.2) is 17.6 Å². The molecule has 0 spiro atoms. The minimum atomic E-state index is -1.02. The van der Waals surface area contributed by atoms with E-state index in [-0.39, 0.29) is 19.1 Å². The van der Waals surface area contributed by atoms with E-state index in [0.29, 0.717) is 17.2 Å². The van der Waals surface area contributed by atoms with Gasteiger partial charge < -0.3 is 24.8 Å². The molecule has 0 aliphatic carbocycles. The highest BCUT2D eigenvalue weighted by Gasteiger charge is 2.30. The number of anilines is 2. The molecule has 0 fully saturated rings. The second-order valence-electron chi connectivity index (χ2n) is 6.49. The highest BCUT2D eigenvalue weighted by molar-refractivity contribution is 8.01. The van der Waals surface area contributed by atoms with Gasteiger partial charge in [-0.1, -0.05) is 12.1 Å². The molecule has 0 bridgehead atoms. The fourth-order valence-electron chi connectivity index (χ4n) is 2.90. The van der Waals surface area contributed by atoms with E-state index in [4.69, 9.17) is 14.2 Å². The van der Waals surface area contributed by atoms with Crippen LogP contribution in [0, 0.1) is 0 Å². The number of amides is 2. The fraction of sp³-hybridized carbons (Fsp3) is 0.250. The standard InChI is InChI=1S/C20H18N2O6S/c1-11(19(24)21-12-6-7-14-15(8-12)27-10-26-14)28-18(23)9-17-20(25)22-13-4-2-3-5-16(13)29-17/h2-8,11,17H,9-10H2,1H3,(H,21,24)(H,22,25)/t11-,17-/m1/s1. The Morgan fingerprint density at radius 3 is 2.90 bits per heavy atom. The third-order valence-corrected chi connectivity index (χ3v) is 5.65. The van der Waals surface area contributed by atoms with Gasteiger partial charge in [-0.3, -0.25) is 14.4 Å². The van der Waals surface area contributed by atoms with Crippen molar-refractivity contribution in [2.24, 2.45) is 0 Å². The molecule has 0 radical (unpaired) electrons. The maximum Gasteiger partial charge on any atom is 0.308 e. The van der Waals surface area contributed by atoms with Gasteiger partial charge in [0.25, 0.3) is 5.91 Å². The minimum Gasteiger partial charge on any atom is -0.454 e. The first-order valence-corrected chi connectivity index (χ1v) is 9.84.